The molecule has 1 saturated heterocycles. The highest BCUT2D eigenvalue weighted by atomic mass is 16.6. The van der Waals surface area contributed by atoms with E-state index in [0.29, 0.717) is 25.8 Å². The Kier molecular flexibility index (Phi) is 8.84. The number of benzene rings is 1. The van der Waals surface area contributed by atoms with Crippen LogP contribution in [0.3, 0.4) is 0 Å². The summed E-state index contributed by atoms with van der Waals surface area (Å²) >= 11 is 0. The average molecular weight is 609 g/mol. The molecule has 1 aliphatic heterocycles. The molecule has 5 atom stereocenters. The Bertz CT molecular complexity index is 1290. The molecule has 240 valence electrons. The summed E-state index contributed by atoms with van der Waals surface area (Å²) in [5, 5.41) is 5.73. The van der Waals surface area contributed by atoms with E-state index in [0.717, 1.165) is 43.2 Å². The largest absolute Gasteiger partial charge is 0.444 e. The molecule has 4 amide bonds. The summed E-state index contributed by atoms with van der Waals surface area (Å²) in [6, 6.07) is 5.25. The van der Waals surface area contributed by atoms with Crippen molar-refractivity contribution in [2.75, 3.05) is 6.54 Å². The van der Waals surface area contributed by atoms with Crippen LogP contribution in [0.15, 0.2) is 24.3 Å². The third-order valence-electron chi connectivity index (χ3n) is 10.4. The summed E-state index contributed by atoms with van der Waals surface area (Å²) < 4.78 is 5.55. The van der Waals surface area contributed by atoms with Gasteiger partial charge in [0.2, 0.25) is 17.6 Å². The molecular weight excluding hydrogens is 560 g/mol. The van der Waals surface area contributed by atoms with Crippen LogP contribution in [-0.2, 0) is 36.8 Å². The summed E-state index contributed by atoms with van der Waals surface area (Å²) in [6.07, 6.45) is 6.01. The first-order chi connectivity index (χ1) is 20.7. The zero-order valence-corrected chi connectivity index (χ0v) is 26.7. The molecule has 0 bridgehead atoms. The van der Waals surface area contributed by atoms with E-state index in [9.17, 15) is 24.0 Å². The molecule has 44 heavy (non-hydrogen) atoms. The van der Waals surface area contributed by atoms with Crippen LogP contribution < -0.4 is 16.4 Å². The van der Waals surface area contributed by atoms with Gasteiger partial charge in [-0.2, -0.15) is 0 Å². The van der Waals surface area contributed by atoms with E-state index in [1.165, 1.54) is 0 Å². The quantitative estimate of drug-likeness (QED) is 0.367. The van der Waals surface area contributed by atoms with E-state index >= 15 is 0 Å². The fraction of sp³-hybridized carbons (Fsp3) is 0.676. The van der Waals surface area contributed by atoms with E-state index in [1.807, 2.05) is 24.3 Å². The smallest absolute Gasteiger partial charge is 0.408 e. The lowest BCUT2D eigenvalue weighted by atomic mass is 9.83. The first-order valence-electron chi connectivity index (χ1n) is 16.2. The van der Waals surface area contributed by atoms with Gasteiger partial charge in [0.05, 0.1) is 6.04 Å². The van der Waals surface area contributed by atoms with Gasteiger partial charge < -0.3 is 26.0 Å². The molecule has 2 saturated carbocycles. The monoisotopic (exact) mass is 608 g/mol. The Balaban J connectivity index is 1.39. The van der Waals surface area contributed by atoms with Crippen LogP contribution in [0, 0.1) is 29.1 Å². The zero-order chi connectivity index (χ0) is 32.0. The summed E-state index contributed by atoms with van der Waals surface area (Å²) in [6.45, 7) is 9.84. The topological polar surface area (TPSA) is 148 Å². The Morgan fingerprint density at radius 1 is 1.00 bits per heavy atom. The van der Waals surface area contributed by atoms with Crippen molar-refractivity contribution < 1.29 is 28.7 Å². The number of amides is 4. The van der Waals surface area contributed by atoms with Gasteiger partial charge in [-0.05, 0) is 80.2 Å². The Morgan fingerprint density at radius 3 is 2.18 bits per heavy atom. The number of carbonyl (C=O) groups is 5. The lowest BCUT2D eigenvalue weighted by Crippen LogP contribution is -2.60. The van der Waals surface area contributed by atoms with Gasteiger partial charge in [-0.15, -0.1) is 0 Å². The molecule has 5 rings (SSSR count). The van der Waals surface area contributed by atoms with Gasteiger partial charge in [0.15, 0.2) is 0 Å². The third kappa shape index (κ3) is 6.64. The van der Waals surface area contributed by atoms with Gasteiger partial charge in [0.1, 0.15) is 17.7 Å². The number of hydrogen-bond donors (Lipinski definition) is 3. The van der Waals surface area contributed by atoms with Crippen molar-refractivity contribution in [3.8, 4) is 0 Å². The third-order valence-corrected chi connectivity index (χ3v) is 10.4. The first kappa shape index (κ1) is 32.0. The standard InChI is InChI=1S/C34H48N4O6/c1-33(2,3)44-32(43)37-26(22-16-20-13-9-10-14-21(20)17-22)31(42)38-18-23-25(34(23,4)5)27(38)30(41)36-24(28(39)29(35)40)15-19-11-7-6-8-12-19/h9-10,13-14,19,22-27H,6-8,11-12,15-18H2,1-5H3,(H2,35,40)(H,36,41)(H,37,43)/t23-,24?,25-,26+,27+/m1/s1. The van der Waals surface area contributed by atoms with E-state index in [2.05, 4.69) is 24.5 Å². The lowest BCUT2D eigenvalue weighted by Gasteiger charge is -2.36. The minimum absolute atomic E-state index is 0.103. The van der Waals surface area contributed by atoms with Crippen molar-refractivity contribution in [2.24, 2.45) is 34.8 Å². The molecule has 3 aliphatic carbocycles. The number of ketones is 1. The van der Waals surface area contributed by atoms with Crippen LogP contribution in [0.4, 0.5) is 4.79 Å². The van der Waals surface area contributed by atoms with Crippen LogP contribution in [0.2, 0.25) is 0 Å². The van der Waals surface area contributed by atoms with Crippen molar-refractivity contribution in [3.05, 3.63) is 35.4 Å². The van der Waals surface area contributed by atoms with E-state index < -0.39 is 47.4 Å². The minimum Gasteiger partial charge on any atom is -0.444 e. The minimum atomic E-state index is -1.07. The number of nitrogens with zero attached hydrogens (tertiary/aromatic N) is 1. The van der Waals surface area contributed by atoms with Crippen LogP contribution in [0.5, 0.6) is 0 Å². The number of rotatable bonds is 9. The number of likely N-dealkylation sites (tertiary alicyclic amines) is 1. The zero-order valence-electron chi connectivity index (χ0n) is 26.7. The fourth-order valence-electron chi connectivity index (χ4n) is 8.05. The highest BCUT2D eigenvalue weighted by Gasteiger charge is 2.69. The molecular formula is C34H48N4O6. The van der Waals surface area contributed by atoms with E-state index in [1.54, 1.807) is 25.7 Å². The Hall–Kier alpha value is -3.43. The summed E-state index contributed by atoms with van der Waals surface area (Å²) in [5.41, 5.74) is 6.76. The maximum absolute atomic E-state index is 14.5. The van der Waals surface area contributed by atoms with Gasteiger partial charge in [-0.1, -0.05) is 70.2 Å². The predicted octanol–water partition coefficient (Wildman–Crippen LogP) is 3.29. The summed E-state index contributed by atoms with van der Waals surface area (Å²) in [4.78, 5) is 68.0. The second-order valence-electron chi connectivity index (χ2n) is 15.0. The summed E-state index contributed by atoms with van der Waals surface area (Å²) in [7, 11) is 0. The van der Waals surface area contributed by atoms with Crippen molar-refractivity contribution in [2.45, 2.75) is 110 Å². The molecule has 4 N–H and O–H groups in total. The number of primary amides is 1. The highest BCUT2D eigenvalue weighted by molar-refractivity contribution is 6.37. The van der Waals surface area contributed by atoms with Gasteiger partial charge in [0.25, 0.3) is 5.91 Å². The highest BCUT2D eigenvalue weighted by Crippen LogP contribution is 2.65. The van der Waals surface area contributed by atoms with Crippen molar-refractivity contribution in [1.29, 1.82) is 0 Å². The first-order valence-corrected chi connectivity index (χ1v) is 16.2. The predicted molar refractivity (Wildman–Crippen MR) is 164 cm³/mol. The van der Waals surface area contributed by atoms with Crippen LogP contribution in [0.1, 0.15) is 84.3 Å². The molecule has 1 heterocycles. The van der Waals surface area contributed by atoms with Gasteiger partial charge in [-0.25, -0.2) is 4.79 Å². The molecule has 10 nitrogen and oxygen atoms in total. The molecule has 1 aromatic rings. The van der Waals surface area contributed by atoms with Crippen LogP contribution in [0.25, 0.3) is 0 Å². The number of carbonyl (C=O) groups excluding carboxylic acids is 5. The number of Topliss-reactive ketones (excluding diaryl/α,β-unsaturated/α-hetero) is 1. The maximum atomic E-state index is 14.5. The van der Waals surface area contributed by atoms with Crippen molar-refractivity contribution in [1.82, 2.24) is 15.5 Å². The second-order valence-corrected chi connectivity index (χ2v) is 15.0. The number of piperidine rings is 1. The Labute approximate surface area is 260 Å². The van der Waals surface area contributed by atoms with Gasteiger partial charge in [-0.3, -0.25) is 19.2 Å². The molecule has 1 unspecified atom stereocenters. The number of nitrogens with two attached hydrogens (primary N) is 1. The van der Waals surface area contributed by atoms with Gasteiger partial charge in [0, 0.05) is 6.54 Å². The van der Waals surface area contributed by atoms with Crippen LogP contribution in [-0.4, -0.2) is 64.8 Å². The van der Waals surface area contributed by atoms with Crippen molar-refractivity contribution in [3.63, 3.8) is 0 Å². The number of fused-ring (bicyclic) bond motifs is 2. The molecule has 0 spiro atoms. The lowest BCUT2D eigenvalue weighted by molar-refractivity contribution is -0.144. The number of alkyl carbamates (subject to hydrolysis) is 1. The maximum Gasteiger partial charge on any atom is 0.408 e. The fourth-order valence-corrected chi connectivity index (χ4v) is 8.05. The van der Waals surface area contributed by atoms with Crippen molar-refractivity contribution >= 4 is 29.6 Å². The number of ether oxygens (including phenoxy) is 1. The molecule has 1 aromatic carbocycles. The van der Waals surface area contributed by atoms with Crippen LogP contribution >= 0.6 is 0 Å². The average Bonchev–Trinajstić information content (AvgIpc) is 3.32. The molecule has 0 radical (unpaired) electrons. The molecule has 0 aromatic heterocycles. The number of hydrogen-bond acceptors (Lipinski definition) is 6. The molecule has 4 aliphatic rings. The summed E-state index contributed by atoms with van der Waals surface area (Å²) in [5.74, 6) is -2.65. The Morgan fingerprint density at radius 2 is 1.61 bits per heavy atom. The second kappa shape index (κ2) is 12.2. The number of nitrogens with one attached hydrogen (secondary N) is 2. The molecule has 3 fully saturated rings. The van der Waals surface area contributed by atoms with Gasteiger partial charge >= 0.3 is 6.09 Å². The van der Waals surface area contributed by atoms with E-state index in [4.69, 9.17) is 10.5 Å². The normalized spacial score (nSPS) is 25.8. The van der Waals surface area contributed by atoms with E-state index in [-0.39, 0.29) is 35.0 Å². The SMILES string of the molecule is CC(C)(C)OC(=O)N[C@H](C(=O)N1C[C@@H]2[C@H]([C@H]1C(=O)NC(CC1CCCCC1)C(=O)C(N)=O)C2(C)C)C1Cc2ccccc2C1. The molecule has 10 heteroatoms.